The molecule has 4 rings (SSSR count). The predicted octanol–water partition coefficient (Wildman–Crippen LogP) is 2.33. The summed E-state index contributed by atoms with van der Waals surface area (Å²) < 4.78 is 19.1. The van der Waals surface area contributed by atoms with Crippen molar-refractivity contribution < 1.29 is 9.13 Å². The Labute approximate surface area is 155 Å². The van der Waals surface area contributed by atoms with Crippen LogP contribution in [-0.4, -0.2) is 41.1 Å². The summed E-state index contributed by atoms with van der Waals surface area (Å²) in [6.45, 7) is 2.94. The molecule has 0 bridgehead atoms. The quantitative estimate of drug-likeness (QED) is 0.890. The van der Waals surface area contributed by atoms with Crippen LogP contribution >= 0.6 is 11.8 Å². The zero-order valence-corrected chi connectivity index (χ0v) is 15.5. The number of anilines is 1. The van der Waals surface area contributed by atoms with Gasteiger partial charge in [-0.2, -0.15) is 9.37 Å². The van der Waals surface area contributed by atoms with Crippen LogP contribution in [0.3, 0.4) is 0 Å². The lowest BCUT2D eigenvalue weighted by Gasteiger charge is -2.34. The number of nitrogens with zero attached hydrogens (tertiary/aromatic N) is 4. The maximum Gasteiger partial charge on any atom is 0.255 e. The third kappa shape index (κ3) is 2.68. The largest absolute Gasteiger partial charge is 0.479 e. The van der Waals surface area contributed by atoms with Gasteiger partial charge in [-0.25, -0.2) is 9.98 Å². The SMILES string of the molecule is COc1nc(N2C[C@H]3CSC(N)=N[C@@]3(c3ccccc3)C2)nc(C)c1F. The summed E-state index contributed by atoms with van der Waals surface area (Å²) in [5.41, 5.74) is 7.04. The number of ether oxygens (including phenoxy) is 1. The summed E-state index contributed by atoms with van der Waals surface area (Å²) in [5, 5.41) is 0.598. The van der Waals surface area contributed by atoms with Crippen molar-refractivity contribution in [2.24, 2.45) is 16.6 Å². The minimum absolute atomic E-state index is 0.0338. The standard InChI is InChI=1S/C18H20FN5OS/c1-11-14(19)15(25-2)22-17(21-11)24-8-13-9-26-16(20)23-18(13,10-24)12-6-4-3-5-7-12/h3-7,13H,8-10H2,1-2H3,(H2,20,23)/t13-,18+/m0/s1. The van der Waals surface area contributed by atoms with Gasteiger partial charge in [-0.1, -0.05) is 42.1 Å². The lowest BCUT2D eigenvalue weighted by atomic mass is 9.82. The fraction of sp³-hybridized carbons (Fsp3) is 0.389. The zero-order chi connectivity index (χ0) is 18.3. The summed E-state index contributed by atoms with van der Waals surface area (Å²) in [6, 6.07) is 10.2. The van der Waals surface area contributed by atoms with Gasteiger partial charge in [0.1, 0.15) is 5.54 Å². The Morgan fingerprint density at radius 3 is 2.81 bits per heavy atom. The normalized spacial score (nSPS) is 25.0. The molecule has 0 amide bonds. The van der Waals surface area contributed by atoms with Crippen molar-refractivity contribution in [2.75, 3.05) is 30.9 Å². The molecule has 136 valence electrons. The molecular formula is C18H20FN5OS. The van der Waals surface area contributed by atoms with E-state index >= 15 is 0 Å². The van der Waals surface area contributed by atoms with E-state index in [9.17, 15) is 4.39 Å². The van der Waals surface area contributed by atoms with Crippen LogP contribution in [-0.2, 0) is 5.54 Å². The van der Waals surface area contributed by atoms with E-state index in [4.69, 9.17) is 15.5 Å². The van der Waals surface area contributed by atoms with Gasteiger partial charge in [-0.05, 0) is 12.5 Å². The van der Waals surface area contributed by atoms with Gasteiger partial charge in [0.2, 0.25) is 11.8 Å². The molecule has 0 saturated carbocycles. The first-order chi connectivity index (χ1) is 12.5. The fourth-order valence-corrected chi connectivity index (χ4v) is 4.68. The Bertz CT molecular complexity index is 862. The second kappa shape index (κ2) is 6.42. The molecule has 1 fully saturated rings. The number of aliphatic imine (C=N–C) groups is 1. The van der Waals surface area contributed by atoms with Crippen molar-refractivity contribution in [3.63, 3.8) is 0 Å². The van der Waals surface area contributed by atoms with Crippen LogP contribution in [0.25, 0.3) is 0 Å². The third-order valence-corrected chi connectivity index (χ3v) is 5.97. The summed E-state index contributed by atoms with van der Waals surface area (Å²) in [7, 11) is 1.41. The number of amidine groups is 1. The van der Waals surface area contributed by atoms with E-state index in [-0.39, 0.29) is 17.5 Å². The number of aryl methyl sites for hydroxylation is 1. The topological polar surface area (TPSA) is 76.6 Å². The Morgan fingerprint density at radius 1 is 1.31 bits per heavy atom. The van der Waals surface area contributed by atoms with Crippen LogP contribution in [0.15, 0.2) is 35.3 Å². The molecule has 2 N–H and O–H groups in total. The van der Waals surface area contributed by atoms with E-state index in [1.807, 2.05) is 18.2 Å². The monoisotopic (exact) mass is 373 g/mol. The predicted molar refractivity (Wildman–Crippen MR) is 101 cm³/mol. The molecule has 2 aliphatic rings. The number of benzene rings is 1. The van der Waals surface area contributed by atoms with Crippen LogP contribution in [0.2, 0.25) is 0 Å². The average Bonchev–Trinajstić information content (AvgIpc) is 3.04. The fourth-order valence-electron chi connectivity index (χ4n) is 3.70. The molecule has 2 atom stereocenters. The summed E-state index contributed by atoms with van der Waals surface area (Å²) >= 11 is 1.57. The highest BCUT2D eigenvalue weighted by atomic mass is 32.2. The molecule has 8 heteroatoms. The summed E-state index contributed by atoms with van der Waals surface area (Å²) in [4.78, 5) is 15.5. The van der Waals surface area contributed by atoms with Gasteiger partial charge in [-0.3, -0.25) is 0 Å². The van der Waals surface area contributed by atoms with Crippen molar-refractivity contribution >= 4 is 22.9 Å². The summed E-state index contributed by atoms with van der Waals surface area (Å²) in [5.74, 6) is 1.04. The molecule has 6 nitrogen and oxygen atoms in total. The third-order valence-electron chi connectivity index (χ3n) is 5.01. The van der Waals surface area contributed by atoms with E-state index < -0.39 is 11.4 Å². The number of halogens is 1. The molecule has 0 unspecified atom stereocenters. The number of thioether (sulfide) groups is 1. The molecule has 2 aromatic rings. The maximum atomic E-state index is 14.0. The van der Waals surface area contributed by atoms with Gasteiger partial charge in [-0.15, -0.1) is 0 Å². The molecule has 1 aromatic heterocycles. The maximum absolute atomic E-state index is 14.0. The van der Waals surface area contributed by atoms with Crippen LogP contribution in [0, 0.1) is 18.7 Å². The van der Waals surface area contributed by atoms with Crippen LogP contribution in [0.1, 0.15) is 11.3 Å². The number of hydrogen-bond acceptors (Lipinski definition) is 7. The number of nitrogens with two attached hydrogens (primary N) is 1. The minimum Gasteiger partial charge on any atom is -0.479 e. The van der Waals surface area contributed by atoms with E-state index in [0.29, 0.717) is 17.7 Å². The molecule has 0 aliphatic carbocycles. The molecule has 26 heavy (non-hydrogen) atoms. The van der Waals surface area contributed by atoms with Crippen molar-refractivity contribution in [3.8, 4) is 5.88 Å². The zero-order valence-electron chi connectivity index (χ0n) is 14.6. The minimum atomic E-state index is -0.525. The smallest absolute Gasteiger partial charge is 0.255 e. The number of fused-ring (bicyclic) bond motifs is 1. The number of rotatable bonds is 3. The van der Waals surface area contributed by atoms with Crippen LogP contribution in [0.5, 0.6) is 5.88 Å². The highest BCUT2D eigenvalue weighted by Crippen LogP contribution is 2.46. The highest BCUT2D eigenvalue weighted by Gasteiger charge is 2.50. The molecule has 2 aliphatic heterocycles. The first-order valence-corrected chi connectivity index (χ1v) is 9.39. The Balaban J connectivity index is 1.76. The number of hydrogen-bond donors (Lipinski definition) is 1. The molecule has 0 radical (unpaired) electrons. The Morgan fingerprint density at radius 2 is 2.08 bits per heavy atom. The van der Waals surface area contributed by atoms with E-state index in [0.717, 1.165) is 17.9 Å². The van der Waals surface area contributed by atoms with Gasteiger partial charge in [0.15, 0.2) is 5.17 Å². The van der Waals surface area contributed by atoms with Crippen molar-refractivity contribution in [2.45, 2.75) is 12.5 Å². The molecular weight excluding hydrogens is 353 g/mol. The summed E-state index contributed by atoms with van der Waals surface area (Å²) in [6.07, 6.45) is 0. The molecule has 1 saturated heterocycles. The van der Waals surface area contributed by atoms with E-state index in [1.54, 1.807) is 18.7 Å². The molecule has 3 heterocycles. The van der Waals surface area contributed by atoms with Gasteiger partial charge in [0.25, 0.3) is 5.88 Å². The lowest BCUT2D eigenvalue weighted by Crippen LogP contribution is -2.40. The first-order valence-electron chi connectivity index (χ1n) is 8.40. The van der Waals surface area contributed by atoms with Gasteiger partial charge < -0.3 is 15.4 Å². The van der Waals surface area contributed by atoms with E-state index in [2.05, 4.69) is 27.0 Å². The van der Waals surface area contributed by atoms with Gasteiger partial charge in [0, 0.05) is 18.2 Å². The van der Waals surface area contributed by atoms with Crippen molar-refractivity contribution in [1.82, 2.24) is 9.97 Å². The molecule has 0 spiro atoms. The van der Waals surface area contributed by atoms with Gasteiger partial charge in [0.05, 0.1) is 19.3 Å². The average molecular weight is 373 g/mol. The number of aromatic nitrogens is 2. The Hall–Kier alpha value is -2.35. The second-order valence-electron chi connectivity index (χ2n) is 6.56. The van der Waals surface area contributed by atoms with E-state index in [1.165, 1.54) is 7.11 Å². The highest BCUT2D eigenvalue weighted by molar-refractivity contribution is 8.13. The number of methoxy groups -OCH3 is 1. The second-order valence-corrected chi connectivity index (χ2v) is 7.60. The Kier molecular flexibility index (Phi) is 4.22. The molecule has 1 aromatic carbocycles. The van der Waals surface area contributed by atoms with Crippen molar-refractivity contribution in [1.29, 1.82) is 0 Å². The van der Waals surface area contributed by atoms with Crippen LogP contribution in [0.4, 0.5) is 10.3 Å². The van der Waals surface area contributed by atoms with Crippen LogP contribution < -0.4 is 15.4 Å². The van der Waals surface area contributed by atoms with Gasteiger partial charge >= 0.3 is 0 Å². The first kappa shape index (κ1) is 17.1. The van der Waals surface area contributed by atoms with Crippen molar-refractivity contribution in [3.05, 3.63) is 47.4 Å². The lowest BCUT2D eigenvalue weighted by molar-refractivity contribution is 0.365.